The number of piperidine rings is 1. The smallest absolute Gasteiger partial charge is 0.254 e. The third-order valence-corrected chi connectivity index (χ3v) is 5.14. The second-order valence-corrected chi connectivity index (χ2v) is 6.74. The summed E-state index contributed by atoms with van der Waals surface area (Å²) in [7, 11) is 0. The van der Waals surface area contributed by atoms with Crippen LogP contribution in [0.4, 0.5) is 0 Å². The number of likely N-dealkylation sites (tertiary alicyclic amines) is 2. The molecule has 1 aromatic rings. The van der Waals surface area contributed by atoms with Crippen LogP contribution in [-0.4, -0.2) is 48.4 Å². The number of benzene rings is 1. The third kappa shape index (κ3) is 3.61. The van der Waals surface area contributed by atoms with E-state index in [0.717, 1.165) is 42.3 Å². The number of hydrogen-bond donors (Lipinski definition) is 1. The molecule has 0 atom stereocenters. The van der Waals surface area contributed by atoms with Gasteiger partial charge in [-0.1, -0.05) is 12.1 Å². The van der Waals surface area contributed by atoms with E-state index in [0.29, 0.717) is 0 Å². The maximum Gasteiger partial charge on any atom is 0.254 e. The molecule has 0 aromatic heterocycles. The van der Waals surface area contributed by atoms with Crippen LogP contribution in [0.1, 0.15) is 36.0 Å². The predicted molar refractivity (Wildman–Crippen MR) is 88.0 cm³/mol. The van der Waals surface area contributed by atoms with Crippen LogP contribution in [0, 0.1) is 5.92 Å². The van der Waals surface area contributed by atoms with E-state index in [2.05, 4.69) is 17.5 Å². The summed E-state index contributed by atoms with van der Waals surface area (Å²) in [5, 5.41) is 0. The minimum Gasteiger partial charge on any atom is -0.339 e. The zero-order valence-electron chi connectivity index (χ0n) is 12.5. The molecule has 2 fully saturated rings. The molecule has 0 aliphatic carbocycles. The van der Waals surface area contributed by atoms with Gasteiger partial charge in [0.15, 0.2) is 0 Å². The first-order valence-electron chi connectivity index (χ1n) is 8.03. The van der Waals surface area contributed by atoms with E-state index in [4.69, 9.17) is 0 Å². The highest BCUT2D eigenvalue weighted by atomic mass is 32.1. The van der Waals surface area contributed by atoms with Gasteiger partial charge in [-0.15, -0.1) is 12.6 Å². The van der Waals surface area contributed by atoms with E-state index in [1.165, 1.54) is 32.5 Å². The van der Waals surface area contributed by atoms with E-state index in [-0.39, 0.29) is 5.91 Å². The van der Waals surface area contributed by atoms with Gasteiger partial charge in [0, 0.05) is 24.5 Å². The first-order valence-corrected chi connectivity index (χ1v) is 8.48. The van der Waals surface area contributed by atoms with E-state index in [1.807, 2.05) is 29.2 Å². The van der Waals surface area contributed by atoms with Gasteiger partial charge >= 0.3 is 0 Å². The molecule has 2 heterocycles. The molecule has 0 unspecified atom stereocenters. The molecule has 21 heavy (non-hydrogen) atoms. The normalized spacial score (nSPS) is 20.9. The molecule has 0 spiro atoms. The number of amides is 1. The van der Waals surface area contributed by atoms with E-state index < -0.39 is 0 Å². The molecular weight excluding hydrogens is 280 g/mol. The number of rotatable bonds is 3. The molecule has 114 valence electrons. The molecule has 0 radical (unpaired) electrons. The Labute approximate surface area is 132 Å². The molecule has 3 rings (SSSR count). The average molecular weight is 304 g/mol. The lowest BCUT2D eigenvalue weighted by molar-refractivity contribution is 0.0669. The Bertz CT molecular complexity index is 491. The van der Waals surface area contributed by atoms with Gasteiger partial charge < -0.3 is 9.80 Å². The SMILES string of the molecule is O=C(c1ccccc1S)N1CCC(CN2CCCC2)CC1. The predicted octanol–water partition coefficient (Wildman–Crippen LogP) is 2.92. The molecule has 0 saturated carbocycles. The van der Waals surface area contributed by atoms with Crippen molar-refractivity contribution in [1.82, 2.24) is 9.80 Å². The fourth-order valence-electron chi connectivity index (χ4n) is 3.47. The number of carbonyl (C=O) groups is 1. The molecule has 0 bridgehead atoms. The van der Waals surface area contributed by atoms with Crippen LogP contribution in [0.3, 0.4) is 0 Å². The maximum atomic E-state index is 12.5. The monoisotopic (exact) mass is 304 g/mol. The van der Waals surface area contributed by atoms with Crippen molar-refractivity contribution in [2.24, 2.45) is 5.92 Å². The number of nitrogens with zero attached hydrogens (tertiary/aromatic N) is 2. The molecule has 1 amide bonds. The first kappa shape index (κ1) is 14.9. The van der Waals surface area contributed by atoms with Crippen LogP contribution < -0.4 is 0 Å². The van der Waals surface area contributed by atoms with Gasteiger partial charge in [0.2, 0.25) is 0 Å². The molecule has 2 aliphatic rings. The van der Waals surface area contributed by atoms with Gasteiger partial charge in [0.25, 0.3) is 5.91 Å². The van der Waals surface area contributed by atoms with E-state index in [1.54, 1.807) is 0 Å². The second-order valence-electron chi connectivity index (χ2n) is 6.26. The summed E-state index contributed by atoms with van der Waals surface area (Å²) in [5.41, 5.74) is 0.735. The molecule has 4 heteroatoms. The van der Waals surface area contributed by atoms with Crippen molar-refractivity contribution in [2.45, 2.75) is 30.6 Å². The van der Waals surface area contributed by atoms with Crippen molar-refractivity contribution < 1.29 is 4.79 Å². The van der Waals surface area contributed by atoms with Crippen LogP contribution in [0.15, 0.2) is 29.2 Å². The fraction of sp³-hybridized carbons (Fsp3) is 0.588. The Kier molecular flexibility index (Phi) is 4.86. The highest BCUT2D eigenvalue weighted by Crippen LogP contribution is 2.23. The van der Waals surface area contributed by atoms with Crippen molar-refractivity contribution in [3.05, 3.63) is 29.8 Å². The molecule has 2 saturated heterocycles. The zero-order chi connectivity index (χ0) is 14.7. The van der Waals surface area contributed by atoms with Crippen LogP contribution >= 0.6 is 12.6 Å². The third-order valence-electron chi connectivity index (χ3n) is 4.75. The Morgan fingerprint density at radius 1 is 1.10 bits per heavy atom. The summed E-state index contributed by atoms with van der Waals surface area (Å²) in [6.07, 6.45) is 4.99. The van der Waals surface area contributed by atoms with Crippen molar-refractivity contribution >= 4 is 18.5 Å². The molecule has 3 nitrogen and oxygen atoms in total. The summed E-state index contributed by atoms with van der Waals surface area (Å²) in [6, 6.07) is 7.59. The molecule has 2 aliphatic heterocycles. The Balaban J connectivity index is 1.53. The van der Waals surface area contributed by atoms with Gasteiger partial charge in [-0.05, 0) is 56.8 Å². The zero-order valence-corrected chi connectivity index (χ0v) is 13.4. The lowest BCUT2D eigenvalue weighted by atomic mass is 9.95. The summed E-state index contributed by atoms with van der Waals surface area (Å²) >= 11 is 4.40. The Hall–Kier alpha value is -1.00. The van der Waals surface area contributed by atoms with E-state index in [9.17, 15) is 4.79 Å². The summed E-state index contributed by atoms with van der Waals surface area (Å²) in [4.78, 5) is 17.9. The lowest BCUT2D eigenvalue weighted by Crippen LogP contribution is -2.41. The van der Waals surface area contributed by atoms with Gasteiger partial charge in [0.1, 0.15) is 0 Å². The van der Waals surface area contributed by atoms with Crippen molar-refractivity contribution in [3.63, 3.8) is 0 Å². The quantitative estimate of drug-likeness (QED) is 0.868. The topological polar surface area (TPSA) is 23.6 Å². The van der Waals surface area contributed by atoms with Gasteiger partial charge in [-0.2, -0.15) is 0 Å². The number of hydrogen-bond acceptors (Lipinski definition) is 3. The Morgan fingerprint density at radius 2 is 1.76 bits per heavy atom. The van der Waals surface area contributed by atoms with Crippen LogP contribution in [-0.2, 0) is 0 Å². The van der Waals surface area contributed by atoms with E-state index >= 15 is 0 Å². The largest absolute Gasteiger partial charge is 0.339 e. The second kappa shape index (κ2) is 6.84. The first-order chi connectivity index (χ1) is 10.2. The summed E-state index contributed by atoms with van der Waals surface area (Å²) < 4.78 is 0. The average Bonchev–Trinajstić information content (AvgIpc) is 3.01. The Morgan fingerprint density at radius 3 is 2.43 bits per heavy atom. The number of thiol groups is 1. The van der Waals surface area contributed by atoms with Crippen LogP contribution in [0.25, 0.3) is 0 Å². The number of carbonyl (C=O) groups excluding carboxylic acids is 1. The minimum absolute atomic E-state index is 0.139. The van der Waals surface area contributed by atoms with Crippen LogP contribution in [0.5, 0.6) is 0 Å². The maximum absolute atomic E-state index is 12.5. The standard InChI is InChI=1S/C17H24N2OS/c20-17(15-5-1-2-6-16(15)21)19-11-7-14(8-12-19)13-18-9-3-4-10-18/h1-2,5-6,14,21H,3-4,7-13H2. The van der Waals surface area contributed by atoms with Crippen molar-refractivity contribution in [2.75, 3.05) is 32.7 Å². The molecule has 0 N–H and O–H groups in total. The summed E-state index contributed by atoms with van der Waals surface area (Å²) in [5.74, 6) is 0.901. The van der Waals surface area contributed by atoms with Crippen molar-refractivity contribution in [3.8, 4) is 0 Å². The highest BCUT2D eigenvalue weighted by Gasteiger charge is 2.26. The summed E-state index contributed by atoms with van der Waals surface area (Å²) in [6.45, 7) is 5.54. The highest BCUT2D eigenvalue weighted by molar-refractivity contribution is 7.80. The lowest BCUT2D eigenvalue weighted by Gasteiger charge is -2.34. The van der Waals surface area contributed by atoms with Gasteiger partial charge in [-0.3, -0.25) is 4.79 Å². The van der Waals surface area contributed by atoms with Crippen LogP contribution in [0.2, 0.25) is 0 Å². The molecular formula is C17H24N2OS. The fourth-order valence-corrected chi connectivity index (χ4v) is 3.73. The van der Waals surface area contributed by atoms with Gasteiger partial charge in [-0.25, -0.2) is 0 Å². The van der Waals surface area contributed by atoms with Gasteiger partial charge in [0.05, 0.1) is 5.56 Å². The molecule has 1 aromatic carbocycles. The minimum atomic E-state index is 0.139. The van der Waals surface area contributed by atoms with Crippen molar-refractivity contribution in [1.29, 1.82) is 0 Å².